The summed E-state index contributed by atoms with van der Waals surface area (Å²) in [5.41, 5.74) is 6.18. The average molecular weight is 436 g/mol. The van der Waals surface area contributed by atoms with Crippen molar-refractivity contribution in [3.8, 4) is 0 Å². The monoisotopic (exact) mass is 435 g/mol. The SMILES string of the molecule is C.CC(C)(C)C1CCCC1.CC(C)(C)c1c[nH]c2ccccc12.CCc1ccc(C)cc1. The zero-order valence-electron chi connectivity index (χ0n) is 21.3. The number of hydrogen-bond acceptors (Lipinski definition) is 0. The molecule has 1 aliphatic rings. The van der Waals surface area contributed by atoms with Gasteiger partial charge in [-0.25, -0.2) is 0 Å². The van der Waals surface area contributed by atoms with E-state index in [1.54, 1.807) is 0 Å². The lowest BCUT2D eigenvalue weighted by molar-refractivity contribution is 0.246. The van der Waals surface area contributed by atoms with Crippen LogP contribution in [-0.4, -0.2) is 4.98 Å². The van der Waals surface area contributed by atoms with E-state index in [-0.39, 0.29) is 12.8 Å². The van der Waals surface area contributed by atoms with E-state index in [1.165, 1.54) is 53.3 Å². The molecule has 1 aliphatic carbocycles. The Bertz CT molecular complexity index is 894. The number of rotatable bonds is 1. The highest BCUT2D eigenvalue weighted by molar-refractivity contribution is 5.84. The Hall–Kier alpha value is -2.02. The number of H-pyrrole nitrogens is 1. The van der Waals surface area contributed by atoms with Gasteiger partial charge in [-0.05, 0) is 60.1 Å². The Kier molecular flexibility index (Phi) is 10.8. The summed E-state index contributed by atoms with van der Waals surface area (Å²) < 4.78 is 0. The quantitative estimate of drug-likeness (QED) is 0.391. The van der Waals surface area contributed by atoms with Gasteiger partial charge in [0.1, 0.15) is 0 Å². The number of aryl methyl sites for hydroxylation is 2. The van der Waals surface area contributed by atoms with Gasteiger partial charge in [0.15, 0.2) is 0 Å². The topological polar surface area (TPSA) is 15.8 Å². The Morgan fingerprint density at radius 1 is 0.844 bits per heavy atom. The second kappa shape index (κ2) is 12.3. The standard InChI is InChI=1S/C12H15N.C9H18.C9H12.CH4/c1-12(2,3)10-8-13-11-7-5-4-6-9(10)11;1-9(2,3)8-6-4-5-7-8;1-3-9-6-4-8(2)5-7-9;/h4-8,13H,1-3H3;8H,4-7H2,1-3H3;4-7H,3H2,1-2H3;1H4. The molecule has 1 saturated carbocycles. The molecule has 1 heteroatoms. The van der Waals surface area contributed by atoms with Crippen molar-refractivity contribution in [3.63, 3.8) is 0 Å². The Morgan fingerprint density at radius 2 is 1.41 bits per heavy atom. The van der Waals surface area contributed by atoms with Gasteiger partial charge < -0.3 is 4.98 Å². The minimum Gasteiger partial charge on any atom is -0.361 e. The molecule has 0 spiro atoms. The lowest BCUT2D eigenvalue weighted by Crippen LogP contribution is -2.16. The largest absolute Gasteiger partial charge is 0.361 e. The molecule has 1 nitrogen and oxygen atoms in total. The van der Waals surface area contributed by atoms with Crippen molar-refractivity contribution in [2.24, 2.45) is 11.3 Å². The average Bonchev–Trinajstić information content (AvgIpc) is 3.39. The van der Waals surface area contributed by atoms with Gasteiger partial charge in [0.2, 0.25) is 0 Å². The van der Waals surface area contributed by atoms with Gasteiger partial charge in [-0.2, -0.15) is 0 Å². The first kappa shape index (κ1) is 28.0. The molecule has 0 amide bonds. The number of hydrogen-bond donors (Lipinski definition) is 1. The van der Waals surface area contributed by atoms with Gasteiger partial charge in [-0.3, -0.25) is 0 Å². The summed E-state index contributed by atoms with van der Waals surface area (Å²) in [6.45, 7) is 18.1. The maximum atomic E-state index is 3.29. The van der Waals surface area contributed by atoms with Crippen molar-refractivity contribution in [2.75, 3.05) is 0 Å². The molecule has 0 atom stereocenters. The van der Waals surface area contributed by atoms with Crippen LogP contribution >= 0.6 is 0 Å². The van der Waals surface area contributed by atoms with Crippen LogP contribution in [0.25, 0.3) is 10.9 Å². The fourth-order valence-corrected chi connectivity index (χ4v) is 4.31. The van der Waals surface area contributed by atoms with Crippen LogP contribution in [0.15, 0.2) is 54.7 Å². The van der Waals surface area contributed by atoms with E-state index in [1.807, 2.05) is 0 Å². The number of aromatic nitrogens is 1. The van der Waals surface area contributed by atoms with Crippen molar-refractivity contribution in [1.29, 1.82) is 0 Å². The lowest BCUT2D eigenvalue weighted by atomic mass is 9.80. The van der Waals surface area contributed by atoms with E-state index < -0.39 is 0 Å². The lowest BCUT2D eigenvalue weighted by Gasteiger charge is -2.26. The third kappa shape index (κ3) is 8.49. The Morgan fingerprint density at radius 3 is 1.88 bits per heavy atom. The number of para-hydroxylation sites is 1. The second-order valence-electron chi connectivity index (χ2n) is 11.2. The molecule has 0 radical (unpaired) electrons. The van der Waals surface area contributed by atoms with Crippen molar-refractivity contribution in [3.05, 3.63) is 71.4 Å². The molecule has 1 heterocycles. The van der Waals surface area contributed by atoms with E-state index in [4.69, 9.17) is 0 Å². The van der Waals surface area contributed by atoms with Crippen LogP contribution in [0.3, 0.4) is 0 Å². The van der Waals surface area contributed by atoms with Crippen LogP contribution in [-0.2, 0) is 11.8 Å². The molecular weight excluding hydrogens is 386 g/mol. The normalized spacial score (nSPS) is 14.1. The summed E-state index contributed by atoms with van der Waals surface area (Å²) in [5.74, 6) is 1.01. The molecule has 178 valence electrons. The van der Waals surface area contributed by atoms with Crippen molar-refractivity contribution < 1.29 is 0 Å². The minimum atomic E-state index is 0. The van der Waals surface area contributed by atoms with Crippen molar-refractivity contribution in [1.82, 2.24) is 4.98 Å². The summed E-state index contributed by atoms with van der Waals surface area (Å²) in [6, 6.07) is 17.1. The summed E-state index contributed by atoms with van der Waals surface area (Å²) in [5, 5.41) is 1.34. The number of benzene rings is 2. The van der Waals surface area contributed by atoms with Crippen LogP contribution in [0.1, 0.15) is 98.3 Å². The molecule has 0 unspecified atom stereocenters. The molecule has 1 aromatic heterocycles. The number of nitrogens with one attached hydrogen (secondary N) is 1. The Labute approximate surface area is 199 Å². The molecule has 1 N–H and O–H groups in total. The summed E-state index contributed by atoms with van der Waals surface area (Å²) in [4.78, 5) is 3.29. The smallest absolute Gasteiger partial charge is 0.0456 e. The molecule has 2 aromatic carbocycles. The van der Waals surface area contributed by atoms with Gasteiger partial charge in [-0.1, -0.05) is 117 Å². The predicted octanol–water partition coefficient (Wildman–Crippen LogP) is 9.88. The van der Waals surface area contributed by atoms with Gasteiger partial charge >= 0.3 is 0 Å². The third-order valence-corrected chi connectivity index (χ3v) is 6.51. The van der Waals surface area contributed by atoms with Crippen LogP contribution in [0.4, 0.5) is 0 Å². The van der Waals surface area contributed by atoms with E-state index >= 15 is 0 Å². The first-order valence-corrected chi connectivity index (χ1v) is 12.1. The van der Waals surface area contributed by atoms with Crippen LogP contribution in [0.5, 0.6) is 0 Å². The van der Waals surface area contributed by atoms with Crippen LogP contribution in [0, 0.1) is 18.3 Å². The molecule has 1 fully saturated rings. The van der Waals surface area contributed by atoms with Gasteiger partial charge in [-0.15, -0.1) is 0 Å². The third-order valence-electron chi connectivity index (χ3n) is 6.51. The Balaban J connectivity index is 0.000000243. The fourth-order valence-electron chi connectivity index (χ4n) is 4.31. The summed E-state index contributed by atoms with van der Waals surface area (Å²) in [7, 11) is 0. The highest BCUT2D eigenvalue weighted by Gasteiger charge is 2.26. The maximum absolute atomic E-state index is 3.29. The highest BCUT2D eigenvalue weighted by Crippen LogP contribution is 2.38. The minimum absolute atomic E-state index is 0. The summed E-state index contributed by atoms with van der Waals surface area (Å²) >= 11 is 0. The highest BCUT2D eigenvalue weighted by atomic mass is 14.7. The van der Waals surface area contributed by atoms with E-state index in [9.17, 15) is 0 Å². The first-order valence-electron chi connectivity index (χ1n) is 12.1. The van der Waals surface area contributed by atoms with Gasteiger partial charge in [0, 0.05) is 17.1 Å². The molecule has 4 rings (SSSR count). The molecule has 0 bridgehead atoms. The number of fused-ring (bicyclic) bond motifs is 1. The van der Waals surface area contributed by atoms with Crippen LogP contribution < -0.4 is 0 Å². The predicted molar refractivity (Wildman–Crippen MR) is 146 cm³/mol. The van der Waals surface area contributed by atoms with Gasteiger partial charge in [0.25, 0.3) is 0 Å². The van der Waals surface area contributed by atoms with Crippen molar-refractivity contribution >= 4 is 10.9 Å². The van der Waals surface area contributed by atoms with E-state index in [2.05, 4.69) is 115 Å². The molecule has 3 aromatic rings. The van der Waals surface area contributed by atoms with Crippen molar-refractivity contribution in [2.45, 2.75) is 100 Å². The van der Waals surface area contributed by atoms with E-state index in [0.717, 1.165) is 12.3 Å². The molecular formula is C31H49N. The summed E-state index contributed by atoms with van der Waals surface area (Å²) in [6.07, 6.45) is 9.15. The van der Waals surface area contributed by atoms with E-state index in [0.29, 0.717) is 5.41 Å². The zero-order chi connectivity index (χ0) is 23.1. The zero-order valence-corrected chi connectivity index (χ0v) is 21.3. The van der Waals surface area contributed by atoms with Crippen LogP contribution in [0.2, 0.25) is 0 Å². The second-order valence-corrected chi connectivity index (χ2v) is 11.2. The van der Waals surface area contributed by atoms with Gasteiger partial charge in [0.05, 0.1) is 0 Å². The first-order chi connectivity index (χ1) is 14.5. The molecule has 0 aliphatic heterocycles. The molecule has 0 saturated heterocycles. The number of aromatic amines is 1. The fraction of sp³-hybridized carbons (Fsp3) is 0.548. The maximum Gasteiger partial charge on any atom is 0.0456 e. The molecule has 32 heavy (non-hydrogen) atoms.